The largest absolute Gasteiger partial charge is 0.437 e. The van der Waals surface area contributed by atoms with E-state index in [-0.39, 0.29) is 15.4 Å². The van der Waals surface area contributed by atoms with E-state index in [0.717, 1.165) is 0 Å². The highest BCUT2D eigenvalue weighted by Gasteiger charge is 2.87. The Morgan fingerprint density at radius 2 is 1.13 bits per heavy atom. The van der Waals surface area contributed by atoms with Crippen molar-refractivity contribution in [2.45, 2.75) is 37.2 Å². The van der Waals surface area contributed by atoms with Gasteiger partial charge in [0.2, 0.25) is 0 Å². The fourth-order valence-electron chi connectivity index (χ4n) is 3.19. The number of rotatable bonds is 3. The molecular formula is C16H10F9NO3S. The summed E-state index contributed by atoms with van der Waals surface area (Å²) in [6.45, 7) is -1.55. The number of hydrogen-bond acceptors (Lipinski definition) is 3. The number of nitrogens with zero attached hydrogens (tertiary/aromatic N) is 1. The van der Waals surface area contributed by atoms with Gasteiger partial charge in [-0.1, -0.05) is 36.4 Å². The molecular weight excluding hydrogens is 457 g/mol. The van der Waals surface area contributed by atoms with Gasteiger partial charge in [-0.2, -0.15) is 52.2 Å². The third-order valence-electron chi connectivity index (χ3n) is 4.51. The van der Waals surface area contributed by atoms with E-state index < -0.39 is 47.5 Å². The zero-order valence-electron chi connectivity index (χ0n) is 14.4. The normalized spacial score (nSPS) is 16.8. The lowest BCUT2D eigenvalue weighted by Gasteiger charge is -2.38. The minimum Gasteiger partial charge on any atom is -0.222 e. The fraction of sp³-hybridized carbons (Fsp3) is 0.375. The van der Waals surface area contributed by atoms with Gasteiger partial charge in [0.05, 0.1) is 0 Å². The molecule has 1 aliphatic heterocycles. The zero-order chi connectivity index (χ0) is 22.8. The molecule has 2 aromatic rings. The average Bonchev–Trinajstić information content (AvgIpc) is 2.57. The summed E-state index contributed by atoms with van der Waals surface area (Å²) < 4.78 is 145. The van der Waals surface area contributed by atoms with Crippen molar-refractivity contribution in [3.8, 4) is 0 Å². The number of benzene rings is 2. The molecule has 4 nitrogen and oxygen atoms in total. The van der Waals surface area contributed by atoms with Crippen LogP contribution in [0.1, 0.15) is 11.1 Å². The average molecular weight is 467 g/mol. The predicted octanol–water partition coefficient (Wildman–Crippen LogP) is 4.84. The van der Waals surface area contributed by atoms with Gasteiger partial charge in [0.25, 0.3) is 0 Å². The lowest BCUT2D eigenvalue weighted by Crippen LogP contribution is -2.69. The quantitative estimate of drug-likeness (QED) is 0.607. The van der Waals surface area contributed by atoms with Crippen LogP contribution in [0.5, 0.6) is 0 Å². The molecule has 0 atom stereocenters. The van der Waals surface area contributed by atoms with Crippen LogP contribution in [0.2, 0.25) is 0 Å². The molecule has 1 aliphatic rings. The maximum atomic E-state index is 13.0. The molecule has 0 aromatic heterocycles. The molecule has 0 N–H and O–H groups in total. The lowest BCUT2D eigenvalue weighted by molar-refractivity contribution is -0.437. The second-order valence-corrected chi connectivity index (χ2v) is 7.95. The minimum absolute atomic E-state index is 0.0118. The van der Waals surface area contributed by atoms with Crippen molar-refractivity contribution in [2.24, 2.45) is 0 Å². The molecule has 0 bridgehead atoms. The molecule has 0 saturated carbocycles. The van der Waals surface area contributed by atoms with Crippen LogP contribution in [0.3, 0.4) is 0 Å². The Labute approximate surface area is 163 Å². The van der Waals surface area contributed by atoms with Gasteiger partial charge in [0.15, 0.2) is 0 Å². The molecule has 0 unspecified atom stereocenters. The molecule has 0 amide bonds. The topological polar surface area (TPSA) is 46.6 Å². The van der Waals surface area contributed by atoms with Gasteiger partial charge in [-0.25, -0.2) is 4.18 Å². The molecule has 0 spiro atoms. The van der Waals surface area contributed by atoms with E-state index in [2.05, 4.69) is 4.18 Å². The third kappa shape index (κ3) is 3.39. The van der Waals surface area contributed by atoms with Crippen LogP contribution in [-0.2, 0) is 27.6 Å². The summed E-state index contributed by atoms with van der Waals surface area (Å²) in [5, 5.41) is 1.11. The van der Waals surface area contributed by atoms with E-state index >= 15 is 0 Å². The molecule has 14 heteroatoms. The van der Waals surface area contributed by atoms with E-state index in [1.54, 1.807) is 12.1 Å². The number of halogens is 9. The van der Waals surface area contributed by atoms with Gasteiger partial charge >= 0.3 is 34.4 Å². The molecule has 0 saturated heterocycles. The number of alkyl halides is 9. The van der Waals surface area contributed by atoms with Crippen molar-refractivity contribution in [3.63, 3.8) is 0 Å². The van der Waals surface area contributed by atoms with Crippen LogP contribution < -0.4 is 0 Å². The highest BCUT2D eigenvalue weighted by atomic mass is 32.2. The van der Waals surface area contributed by atoms with E-state index in [9.17, 15) is 47.9 Å². The first kappa shape index (κ1) is 22.6. The second-order valence-electron chi connectivity index (χ2n) is 6.42. The summed E-state index contributed by atoms with van der Waals surface area (Å²) in [6, 6.07) is 8.85. The Kier molecular flexibility index (Phi) is 5.07. The summed E-state index contributed by atoms with van der Waals surface area (Å²) in [7, 11) is -6.16. The molecule has 2 aromatic carbocycles. The Morgan fingerprint density at radius 1 is 0.733 bits per heavy atom. The molecule has 3 rings (SSSR count). The number of hydrogen-bond donors (Lipinski definition) is 0. The smallest absolute Gasteiger partial charge is 0.222 e. The van der Waals surface area contributed by atoms with Gasteiger partial charge < -0.3 is 0 Å². The summed E-state index contributed by atoms with van der Waals surface area (Å²) in [4.78, 5) is 0. The monoisotopic (exact) mass is 467 g/mol. The van der Waals surface area contributed by atoms with Crippen molar-refractivity contribution in [3.05, 3.63) is 47.5 Å². The van der Waals surface area contributed by atoms with Crippen LogP contribution in [0.4, 0.5) is 39.5 Å². The second kappa shape index (κ2) is 6.72. The predicted molar refractivity (Wildman–Crippen MR) is 84.1 cm³/mol. The van der Waals surface area contributed by atoms with Gasteiger partial charge in [-0.05, 0) is 21.9 Å². The first-order valence-electron chi connectivity index (χ1n) is 7.92. The van der Waals surface area contributed by atoms with Crippen molar-refractivity contribution in [1.82, 2.24) is 4.31 Å². The van der Waals surface area contributed by atoms with E-state index in [4.69, 9.17) is 0 Å². The maximum absolute atomic E-state index is 13.0. The van der Waals surface area contributed by atoms with Crippen molar-refractivity contribution < 1.29 is 52.1 Å². The summed E-state index contributed by atoms with van der Waals surface area (Å²) in [5.41, 5.74) is -6.56. The van der Waals surface area contributed by atoms with Crippen molar-refractivity contribution in [2.75, 3.05) is 0 Å². The first-order chi connectivity index (χ1) is 13.5. The van der Waals surface area contributed by atoms with Gasteiger partial charge in [0.1, 0.15) is 0 Å². The van der Waals surface area contributed by atoms with Crippen LogP contribution in [0, 0.1) is 0 Å². The first-order valence-corrected chi connectivity index (χ1v) is 9.28. The molecule has 166 valence electrons. The molecule has 30 heavy (non-hydrogen) atoms. The van der Waals surface area contributed by atoms with Gasteiger partial charge in [-0.15, -0.1) is 0 Å². The highest BCUT2D eigenvalue weighted by Crippen LogP contribution is 2.56. The molecule has 1 heterocycles. The standard InChI is InChI=1S/C16H10F9NO3S/c17-14(18,19)13(15(20,21)22,16(23,24)25)29-30(27,28)26-7-10-5-1-3-9-4-2-6-11(8-26)12(9)10/h1-6H,7-8H2. The fourth-order valence-corrected chi connectivity index (χ4v) is 4.49. The van der Waals surface area contributed by atoms with Crippen LogP contribution in [0.15, 0.2) is 36.4 Å². The SMILES string of the molecule is O=S(=O)(OC(C(F)(F)F)(C(F)(F)F)C(F)(F)F)N1Cc2cccc3cccc(c23)C1. The van der Waals surface area contributed by atoms with Gasteiger partial charge in [0, 0.05) is 13.1 Å². The Hall–Kier alpha value is -2.06. The van der Waals surface area contributed by atoms with E-state index in [1.165, 1.54) is 24.3 Å². The molecule has 0 radical (unpaired) electrons. The Bertz CT molecular complexity index is 997. The van der Waals surface area contributed by atoms with Crippen LogP contribution >= 0.6 is 0 Å². The highest BCUT2D eigenvalue weighted by molar-refractivity contribution is 7.84. The zero-order valence-corrected chi connectivity index (χ0v) is 15.2. The maximum Gasteiger partial charge on any atom is 0.437 e. The van der Waals surface area contributed by atoms with E-state index in [0.29, 0.717) is 10.8 Å². The van der Waals surface area contributed by atoms with Gasteiger partial charge in [-0.3, -0.25) is 0 Å². The summed E-state index contributed by atoms with van der Waals surface area (Å²) in [5.74, 6) is 0. The Balaban J connectivity index is 2.09. The summed E-state index contributed by atoms with van der Waals surface area (Å²) in [6.07, 6.45) is -21.5. The van der Waals surface area contributed by atoms with Crippen LogP contribution in [0.25, 0.3) is 10.8 Å². The third-order valence-corrected chi connectivity index (χ3v) is 5.87. The molecule has 0 aliphatic carbocycles. The Morgan fingerprint density at radius 3 is 1.50 bits per heavy atom. The van der Waals surface area contributed by atoms with Crippen molar-refractivity contribution in [1.29, 1.82) is 0 Å². The van der Waals surface area contributed by atoms with Crippen LogP contribution in [-0.4, -0.2) is 36.9 Å². The van der Waals surface area contributed by atoms with E-state index in [1.807, 2.05) is 0 Å². The summed E-state index contributed by atoms with van der Waals surface area (Å²) >= 11 is 0. The van der Waals surface area contributed by atoms with Crippen molar-refractivity contribution >= 4 is 21.1 Å². The lowest BCUT2D eigenvalue weighted by atomic mass is 9.96. The minimum atomic E-state index is -7.16. The molecule has 0 fully saturated rings.